The van der Waals surface area contributed by atoms with Crippen LogP contribution in [0.25, 0.3) is 21.8 Å². The van der Waals surface area contributed by atoms with Gasteiger partial charge in [0.1, 0.15) is 0 Å². The second-order valence-corrected chi connectivity index (χ2v) is 7.10. The molecule has 4 rings (SSSR count). The minimum atomic E-state index is 0.829. The Balaban J connectivity index is 2.04. The number of pyridine rings is 1. The summed E-state index contributed by atoms with van der Waals surface area (Å²) in [5, 5.41) is 2.56. The normalized spacial score (nSPS) is 11.4. The third kappa shape index (κ3) is 2.36. The second-order valence-electron chi connectivity index (χ2n) is 5.26. The average Bonchev–Trinajstić information content (AvgIpc) is 2.81. The lowest BCUT2D eigenvalue weighted by molar-refractivity contribution is 0.866. The maximum Gasteiger partial charge on any atom is 0.0505 e. The van der Waals surface area contributed by atoms with Gasteiger partial charge >= 0.3 is 0 Å². The number of rotatable bonds is 2. The van der Waals surface area contributed by atoms with Crippen LogP contribution in [0.15, 0.2) is 69.9 Å². The van der Waals surface area contributed by atoms with Crippen molar-refractivity contribution in [3.63, 3.8) is 0 Å². The lowest BCUT2D eigenvalue weighted by Gasteiger charge is -2.08. The van der Waals surface area contributed by atoms with E-state index in [4.69, 9.17) is 0 Å². The van der Waals surface area contributed by atoms with Gasteiger partial charge in [0.15, 0.2) is 0 Å². The summed E-state index contributed by atoms with van der Waals surface area (Å²) in [5.41, 5.74) is 3.72. The predicted molar refractivity (Wildman–Crippen MR) is 98.2 cm³/mol. The summed E-state index contributed by atoms with van der Waals surface area (Å²) in [6, 6.07) is 17.1. The third-order valence-electron chi connectivity index (χ3n) is 3.88. The summed E-state index contributed by atoms with van der Waals surface area (Å²) < 4.78 is 4.55. The molecular formula is C18H12Br2N2. The van der Waals surface area contributed by atoms with Crippen LogP contribution in [-0.4, -0.2) is 9.55 Å². The van der Waals surface area contributed by atoms with Crippen molar-refractivity contribution in [2.75, 3.05) is 0 Å². The number of aromatic nitrogens is 2. The summed E-state index contributed by atoms with van der Waals surface area (Å²) in [6.45, 7) is 0.829. The highest BCUT2D eigenvalue weighted by Gasteiger charge is 2.11. The third-order valence-corrected chi connectivity index (χ3v) is 4.87. The zero-order valence-electron chi connectivity index (χ0n) is 11.6. The van der Waals surface area contributed by atoms with E-state index in [-0.39, 0.29) is 0 Å². The second kappa shape index (κ2) is 5.52. The van der Waals surface area contributed by atoms with Crippen molar-refractivity contribution in [1.82, 2.24) is 9.55 Å². The SMILES string of the molecule is Brc1ccc2c3ccc(Br)cc3n(Cc3ccncc3)c2c1. The molecule has 2 aromatic heterocycles. The monoisotopic (exact) mass is 414 g/mol. The molecule has 22 heavy (non-hydrogen) atoms. The highest BCUT2D eigenvalue weighted by Crippen LogP contribution is 2.33. The molecule has 2 nitrogen and oxygen atoms in total. The fraction of sp³-hybridized carbons (Fsp3) is 0.0556. The van der Waals surface area contributed by atoms with E-state index in [2.05, 4.69) is 89.9 Å². The summed E-state index contributed by atoms with van der Waals surface area (Å²) in [7, 11) is 0. The Hall–Kier alpha value is -1.65. The molecule has 0 atom stereocenters. The van der Waals surface area contributed by atoms with Crippen LogP contribution >= 0.6 is 31.9 Å². The van der Waals surface area contributed by atoms with Crippen molar-refractivity contribution in [3.8, 4) is 0 Å². The highest BCUT2D eigenvalue weighted by atomic mass is 79.9. The topological polar surface area (TPSA) is 17.8 Å². The van der Waals surface area contributed by atoms with E-state index < -0.39 is 0 Å². The van der Waals surface area contributed by atoms with E-state index in [9.17, 15) is 0 Å². The van der Waals surface area contributed by atoms with E-state index in [1.165, 1.54) is 27.4 Å². The summed E-state index contributed by atoms with van der Waals surface area (Å²) in [4.78, 5) is 4.10. The Morgan fingerprint density at radius 1 is 0.773 bits per heavy atom. The molecule has 0 N–H and O–H groups in total. The highest BCUT2D eigenvalue weighted by molar-refractivity contribution is 9.10. The van der Waals surface area contributed by atoms with E-state index in [1.807, 2.05) is 12.4 Å². The lowest BCUT2D eigenvalue weighted by atomic mass is 10.2. The fourth-order valence-corrected chi connectivity index (χ4v) is 3.58. The van der Waals surface area contributed by atoms with Crippen LogP contribution in [0.4, 0.5) is 0 Å². The van der Waals surface area contributed by atoms with Crippen molar-refractivity contribution >= 4 is 53.7 Å². The molecule has 0 aliphatic rings. The van der Waals surface area contributed by atoms with Crippen LogP contribution in [0.2, 0.25) is 0 Å². The largest absolute Gasteiger partial charge is 0.336 e. The first-order valence-electron chi connectivity index (χ1n) is 6.98. The first-order valence-corrected chi connectivity index (χ1v) is 8.57. The summed E-state index contributed by atoms with van der Waals surface area (Å²) >= 11 is 7.18. The number of hydrogen-bond donors (Lipinski definition) is 0. The van der Waals surface area contributed by atoms with Gasteiger partial charge < -0.3 is 4.57 Å². The first-order chi connectivity index (χ1) is 10.7. The number of benzene rings is 2. The van der Waals surface area contributed by atoms with Crippen molar-refractivity contribution in [1.29, 1.82) is 0 Å². The first kappa shape index (κ1) is 14.0. The molecule has 0 fully saturated rings. The molecule has 0 aliphatic carbocycles. The van der Waals surface area contributed by atoms with Crippen molar-refractivity contribution in [2.45, 2.75) is 6.54 Å². The van der Waals surface area contributed by atoms with Crippen molar-refractivity contribution < 1.29 is 0 Å². The number of nitrogens with zero attached hydrogens (tertiary/aromatic N) is 2. The van der Waals surface area contributed by atoms with Gasteiger partial charge in [-0.2, -0.15) is 0 Å². The predicted octanol–water partition coefficient (Wildman–Crippen LogP) is 5.76. The summed E-state index contributed by atoms with van der Waals surface area (Å²) in [5.74, 6) is 0. The zero-order chi connectivity index (χ0) is 15.1. The quantitative estimate of drug-likeness (QED) is 0.406. The van der Waals surface area contributed by atoms with E-state index in [0.717, 1.165) is 15.5 Å². The number of halogens is 2. The maximum absolute atomic E-state index is 4.10. The Morgan fingerprint density at radius 2 is 1.32 bits per heavy atom. The van der Waals surface area contributed by atoms with Gasteiger partial charge in [-0.1, -0.05) is 44.0 Å². The molecule has 108 valence electrons. The lowest BCUT2D eigenvalue weighted by Crippen LogP contribution is -1.99. The van der Waals surface area contributed by atoms with Gasteiger partial charge in [-0.25, -0.2) is 0 Å². The van der Waals surface area contributed by atoms with Gasteiger partial charge in [0.2, 0.25) is 0 Å². The summed E-state index contributed by atoms with van der Waals surface area (Å²) in [6.07, 6.45) is 3.68. The van der Waals surface area contributed by atoms with E-state index in [0.29, 0.717) is 0 Å². The Kier molecular flexibility index (Phi) is 3.51. The smallest absolute Gasteiger partial charge is 0.0505 e. The molecule has 0 spiro atoms. The van der Waals surface area contributed by atoms with Crippen LogP contribution in [0.1, 0.15) is 5.56 Å². The van der Waals surface area contributed by atoms with Crippen LogP contribution in [-0.2, 0) is 6.54 Å². The molecule has 4 aromatic rings. The van der Waals surface area contributed by atoms with Gasteiger partial charge in [0.25, 0.3) is 0 Å². The number of fused-ring (bicyclic) bond motifs is 3. The van der Waals surface area contributed by atoms with Gasteiger partial charge in [0.05, 0.1) is 11.0 Å². The Bertz CT molecular complexity index is 915. The molecule has 0 amide bonds. The Labute approximate surface area is 145 Å². The molecule has 2 heterocycles. The van der Waals surface area contributed by atoms with Crippen molar-refractivity contribution in [3.05, 3.63) is 75.4 Å². The van der Waals surface area contributed by atoms with Crippen LogP contribution in [0.5, 0.6) is 0 Å². The molecule has 0 aliphatic heterocycles. The molecule has 0 bridgehead atoms. The molecule has 0 unspecified atom stereocenters. The van der Waals surface area contributed by atoms with Crippen LogP contribution in [0.3, 0.4) is 0 Å². The molecular weight excluding hydrogens is 404 g/mol. The molecule has 2 aromatic carbocycles. The van der Waals surface area contributed by atoms with Gasteiger partial charge in [-0.15, -0.1) is 0 Å². The standard InChI is InChI=1S/C18H12Br2N2/c19-13-1-3-15-16-4-2-14(20)10-18(16)22(17(15)9-13)11-12-5-7-21-8-6-12/h1-10H,11H2. The number of hydrogen-bond acceptors (Lipinski definition) is 1. The van der Waals surface area contributed by atoms with Crippen molar-refractivity contribution in [2.24, 2.45) is 0 Å². The Morgan fingerprint density at radius 3 is 1.86 bits per heavy atom. The molecule has 0 saturated heterocycles. The van der Waals surface area contributed by atoms with Crippen LogP contribution < -0.4 is 0 Å². The minimum Gasteiger partial charge on any atom is -0.336 e. The minimum absolute atomic E-state index is 0.829. The average molecular weight is 416 g/mol. The zero-order valence-corrected chi connectivity index (χ0v) is 14.8. The molecule has 0 saturated carbocycles. The van der Waals surface area contributed by atoms with E-state index in [1.54, 1.807) is 0 Å². The molecule has 4 heteroatoms. The van der Waals surface area contributed by atoms with Crippen LogP contribution in [0, 0.1) is 0 Å². The van der Waals surface area contributed by atoms with E-state index >= 15 is 0 Å². The fourth-order valence-electron chi connectivity index (χ4n) is 2.88. The maximum atomic E-state index is 4.10. The van der Waals surface area contributed by atoms with Gasteiger partial charge in [0, 0.05) is 38.7 Å². The molecule has 0 radical (unpaired) electrons. The van der Waals surface area contributed by atoms with Gasteiger partial charge in [-0.05, 0) is 42.0 Å². The van der Waals surface area contributed by atoms with Gasteiger partial charge in [-0.3, -0.25) is 4.98 Å².